The smallest absolute Gasteiger partial charge is 0.240 e. The second-order valence-corrected chi connectivity index (χ2v) is 8.24. The molecule has 1 aliphatic rings. The maximum atomic E-state index is 12.4. The predicted octanol–water partition coefficient (Wildman–Crippen LogP) is 3.62. The summed E-state index contributed by atoms with van der Waals surface area (Å²) in [5, 5.41) is 5.68. The van der Waals surface area contributed by atoms with E-state index in [-0.39, 0.29) is 18.2 Å². The summed E-state index contributed by atoms with van der Waals surface area (Å²) < 4.78 is 0. The van der Waals surface area contributed by atoms with Crippen molar-refractivity contribution in [2.75, 3.05) is 24.3 Å². The Hall–Kier alpha value is -2.80. The Balaban J connectivity index is 1.61. The largest absolute Gasteiger partial charge is 0.378 e. The number of rotatable bonds is 5. The molecule has 1 aliphatic heterocycles. The van der Waals surface area contributed by atoms with Crippen LogP contribution in [-0.4, -0.2) is 36.3 Å². The molecular weight excluding hydrogens is 372 g/mol. The molecule has 146 valence electrons. The number of nitrogens with one attached hydrogen (secondary N) is 2. The summed E-state index contributed by atoms with van der Waals surface area (Å²) in [4.78, 5) is 31.0. The van der Waals surface area contributed by atoms with Crippen LogP contribution in [0.4, 0.5) is 17.1 Å². The van der Waals surface area contributed by atoms with Gasteiger partial charge in [0.1, 0.15) is 5.25 Å². The molecule has 1 atom stereocenters. The molecule has 7 heteroatoms. The molecule has 1 unspecified atom stereocenters. The van der Waals surface area contributed by atoms with E-state index in [1.54, 1.807) is 0 Å². The second kappa shape index (κ2) is 8.48. The van der Waals surface area contributed by atoms with E-state index in [4.69, 9.17) is 0 Å². The Labute approximate surface area is 169 Å². The first-order valence-corrected chi connectivity index (χ1v) is 9.90. The van der Waals surface area contributed by atoms with E-state index in [9.17, 15) is 9.59 Å². The van der Waals surface area contributed by atoms with Gasteiger partial charge in [0.15, 0.2) is 5.17 Å². The summed E-state index contributed by atoms with van der Waals surface area (Å²) in [6, 6.07) is 13.6. The molecule has 0 aliphatic carbocycles. The van der Waals surface area contributed by atoms with Crippen LogP contribution in [0.2, 0.25) is 0 Å². The number of benzene rings is 2. The first kappa shape index (κ1) is 19.9. The van der Waals surface area contributed by atoms with Crippen molar-refractivity contribution in [2.45, 2.75) is 25.5 Å². The predicted molar refractivity (Wildman–Crippen MR) is 117 cm³/mol. The van der Waals surface area contributed by atoms with Gasteiger partial charge in [-0.2, -0.15) is 0 Å². The van der Waals surface area contributed by atoms with Crippen molar-refractivity contribution in [3.63, 3.8) is 0 Å². The lowest BCUT2D eigenvalue weighted by atomic mass is 10.1. The second-order valence-electron chi connectivity index (χ2n) is 7.05. The van der Waals surface area contributed by atoms with Crippen LogP contribution < -0.4 is 15.5 Å². The van der Waals surface area contributed by atoms with E-state index in [0.29, 0.717) is 5.17 Å². The number of aryl methyl sites for hydroxylation is 2. The van der Waals surface area contributed by atoms with E-state index in [2.05, 4.69) is 15.6 Å². The standard InChI is InChI=1S/C21H24N4O2S/c1-13-9-14(2)11-16(10-13)22-19(26)12-18-20(27)24-21(28-18)23-15-5-7-17(8-6-15)25(3)4/h5-11,18H,12H2,1-4H3,(H,22,26)(H,23,24,27). The number of nitrogens with zero attached hydrogens (tertiary/aromatic N) is 2. The minimum atomic E-state index is -0.481. The fraction of sp³-hybridized carbons (Fsp3) is 0.286. The van der Waals surface area contributed by atoms with Crippen LogP contribution in [0.25, 0.3) is 0 Å². The van der Waals surface area contributed by atoms with Gasteiger partial charge in [-0.15, -0.1) is 0 Å². The Kier molecular flexibility index (Phi) is 6.04. The Morgan fingerprint density at radius 3 is 2.39 bits per heavy atom. The molecule has 0 bridgehead atoms. The maximum Gasteiger partial charge on any atom is 0.240 e. The highest BCUT2D eigenvalue weighted by Crippen LogP contribution is 2.26. The van der Waals surface area contributed by atoms with Gasteiger partial charge in [-0.25, -0.2) is 4.99 Å². The number of carbonyl (C=O) groups excluding carboxylic acids is 2. The molecule has 1 fully saturated rings. The van der Waals surface area contributed by atoms with Crippen molar-refractivity contribution in [3.8, 4) is 0 Å². The zero-order chi connectivity index (χ0) is 20.3. The molecule has 0 aromatic heterocycles. The number of anilines is 2. The number of aliphatic imine (C=N–C) groups is 1. The van der Waals surface area contributed by atoms with E-state index in [0.717, 1.165) is 28.2 Å². The zero-order valence-electron chi connectivity index (χ0n) is 16.4. The van der Waals surface area contributed by atoms with Crippen molar-refractivity contribution in [2.24, 2.45) is 4.99 Å². The van der Waals surface area contributed by atoms with Gasteiger partial charge in [-0.05, 0) is 61.4 Å². The molecule has 6 nitrogen and oxygen atoms in total. The normalized spacial score (nSPS) is 17.5. The van der Waals surface area contributed by atoms with Crippen LogP contribution in [0.1, 0.15) is 17.5 Å². The number of carbonyl (C=O) groups is 2. The topological polar surface area (TPSA) is 73.8 Å². The van der Waals surface area contributed by atoms with E-state index < -0.39 is 5.25 Å². The van der Waals surface area contributed by atoms with Crippen molar-refractivity contribution in [1.29, 1.82) is 0 Å². The summed E-state index contributed by atoms with van der Waals surface area (Å²) in [5.74, 6) is -0.376. The Bertz CT molecular complexity index is 902. The molecule has 2 amide bonds. The molecule has 1 saturated heterocycles. The van der Waals surface area contributed by atoms with Crippen LogP contribution in [0.5, 0.6) is 0 Å². The maximum absolute atomic E-state index is 12.4. The van der Waals surface area contributed by atoms with Gasteiger partial charge >= 0.3 is 0 Å². The van der Waals surface area contributed by atoms with Gasteiger partial charge in [-0.1, -0.05) is 17.8 Å². The minimum absolute atomic E-state index is 0.0993. The minimum Gasteiger partial charge on any atom is -0.378 e. The molecule has 1 heterocycles. The number of thioether (sulfide) groups is 1. The molecular formula is C21H24N4O2S. The highest BCUT2D eigenvalue weighted by Gasteiger charge is 2.32. The van der Waals surface area contributed by atoms with Crippen LogP contribution in [0, 0.1) is 13.8 Å². The van der Waals surface area contributed by atoms with Crippen LogP contribution in [0.3, 0.4) is 0 Å². The van der Waals surface area contributed by atoms with Gasteiger partial charge in [0.05, 0.1) is 5.69 Å². The average Bonchev–Trinajstić information content (AvgIpc) is 2.93. The number of hydrogen-bond donors (Lipinski definition) is 2. The molecule has 3 rings (SSSR count). The van der Waals surface area contributed by atoms with E-state index in [1.807, 2.05) is 75.3 Å². The van der Waals surface area contributed by atoms with Crippen molar-refractivity contribution in [1.82, 2.24) is 5.32 Å². The number of amidine groups is 1. The summed E-state index contributed by atoms with van der Waals surface area (Å²) >= 11 is 1.29. The van der Waals surface area contributed by atoms with Crippen molar-refractivity contribution >= 4 is 45.8 Å². The fourth-order valence-corrected chi connectivity index (χ4v) is 3.95. The van der Waals surface area contributed by atoms with Gasteiger partial charge < -0.3 is 15.5 Å². The third kappa shape index (κ3) is 5.13. The van der Waals surface area contributed by atoms with Gasteiger partial charge in [0.2, 0.25) is 11.8 Å². The highest BCUT2D eigenvalue weighted by atomic mass is 32.2. The molecule has 0 radical (unpaired) electrons. The van der Waals surface area contributed by atoms with Crippen molar-refractivity contribution in [3.05, 3.63) is 53.6 Å². The molecule has 2 N–H and O–H groups in total. The first-order chi connectivity index (χ1) is 13.3. The quantitative estimate of drug-likeness (QED) is 0.810. The third-order valence-electron chi connectivity index (χ3n) is 4.25. The monoisotopic (exact) mass is 396 g/mol. The van der Waals surface area contributed by atoms with Crippen LogP contribution in [0.15, 0.2) is 47.5 Å². The van der Waals surface area contributed by atoms with E-state index >= 15 is 0 Å². The lowest BCUT2D eigenvalue weighted by molar-refractivity contribution is -0.122. The Morgan fingerprint density at radius 1 is 1.14 bits per heavy atom. The van der Waals surface area contributed by atoms with E-state index in [1.165, 1.54) is 11.8 Å². The number of amides is 2. The first-order valence-electron chi connectivity index (χ1n) is 9.02. The van der Waals surface area contributed by atoms with Gasteiger partial charge in [0, 0.05) is 31.9 Å². The summed E-state index contributed by atoms with van der Waals surface area (Å²) in [6.07, 6.45) is 0.0993. The molecule has 28 heavy (non-hydrogen) atoms. The summed E-state index contributed by atoms with van der Waals surface area (Å²) in [6.45, 7) is 3.97. The fourth-order valence-electron chi connectivity index (χ4n) is 2.96. The average molecular weight is 397 g/mol. The zero-order valence-corrected chi connectivity index (χ0v) is 17.3. The Morgan fingerprint density at radius 2 is 1.79 bits per heavy atom. The molecule has 0 saturated carbocycles. The lowest BCUT2D eigenvalue weighted by Crippen LogP contribution is -2.28. The van der Waals surface area contributed by atoms with Gasteiger partial charge in [0.25, 0.3) is 0 Å². The van der Waals surface area contributed by atoms with Gasteiger partial charge in [-0.3, -0.25) is 9.59 Å². The SMILES string of the molecule is Cc1cc(C)cc(NC(=O)CC2SC(=Nc3ccc(N(C)C)cc3)NC2=O)c1. The summed E-state index contributed by atoms with van der Waals surface area (Å²) in [5.41, 5.74) is 4.75. The van der Waals surface area contributed by atoms with Crippen LogP contribution in [-0.2, 0) is 9.59 Å². The molecule has 0 spiro atoms. The highest BCUT2D eigenvalue weighted by molar-refractivity contribution is 8.15. The lowest BCUT2D eigenvalue weighted by Gasteiger charge is -2.11. The number of hydrogen-bond acceptors (Lipinski definition) is 5. The van der Waals surface area contributed by atoms with Crippen LogP contribution >= 0.6 is 11.8 Å². The van der Waals surface area contributed by atoms with Crippen molar-refractivity contribution < 1.29 is 9.59 Å². The molecule has 2 aromatic rings. The summed E-state index contributed by atoms with van der Waals surface area (Å²) in [7, 11) is 3.95. The third-order valence-corrected chi connectivity index (χ3v) is 5.33. The molecule has 2 aromatic carbocycles.